The second-order valence-corrected chi connectivity index (χ2v) is 13.8. The summed E-state index contributed by atoms with van der Waals surface area (Å²) in [5, 5.41) is 0. The minimum Gasteiger partial charge on any atom is -0.0617 e. The highest BCUT2D eigenvalue weighted by Crippen LogP contribution is 2.43. The Hall–Kier alpha value is -1.56. The topological polar surface area (TPSA) is 0 Å². The fourth-order valence-corrected chi connectivity index (χ4v) is 4.84. The van der Waals surface area contributed by atoms with Crippen LogP contribution in [0, 0.1) is 0 Å². The van der Waals surface area contributed by atoms with Crippen molar-refractivity contribution in [2.45, 2.75) is 124 Å². The second kappa shape index (κ2) is 8.42. The Balaban J connectivity index is 2.65. The van der Waals surface area contributed by atoms with Gasteiger partial charge in [0.1, 0.15) is 0 Å². The molecule has 0 heterocycles. The molecule has 0 saturated heterocycles. The quantitative estimate of drug-likeness (QED) is 0.464. The van der Waals surface area contributed by atoms with Gasteiger partial charge in [0.25, 0.3) is 0 Å². The Kier molecular flexibility index (Phi) is 6.98. The number of hydrogen-bond acceptors (Lipinski definition) is 0. The number of hydrogen-bond donors (Lipinski definition) is 0. The first kappa shape index (κ1) is 25.7. The lowest BCUT2D eigenvalue weighted by atomic mass is 9.66. The molecule has 172 valence electrons. The van der Waals surface area contributed by atoms with Gasteiger partial charge in [0.15, 0.2) is 0 Å². The zero-order chi connectivity index (χ0) is 24.0. The molecule has 0 heteroatoms. The van der Waals surface area contributed by atoms with Crippen LogP contribution >= 0.6 is 0 Å². The Bertz CT molecular complexity index is 899. The number of benzene rings is 2. The highest BCUT2D eigenvalue weighted by Gasteiger charge is 2.33. The van der Waals surface area contributed by atoms with Crippen LogP contribution in [0.4, 0.5) is 0 Å². The summed E-state index contributed by atoms with van der Waals surface area (Å²) in [5.74, 6) is 0.483. The summed E-state index contributed by atoms with van der Waals surface area (Å²) in [5.41, 5.74) is 9.52. The summed E-state index contributed by atoms with van der Waals surface area (Å²) in [4.78, 5) is 0. The van der Waals surface area contributed by atoms with E-state index in [9.17, 15) is 0 Å². The van der Waals surface area contributed by atoms with Gasteiger partial charge in [-0.1, -0.05) is 126 Å². The second-order valence-electron chi connectivity index (χ2n) is 13.8. The first-order valence-corrected chi connectivity index (χ1v) is 12.1. The van der Waals surface area contributed by atoms with Crippen molar-refractivity contribution in [1.29, 1.82) is 0 Å². The van der Waals surface area contributed by atoms with Gasteiger partial charge in [-0.3, -0.25) is 0 Å². The van der Waals surface area contributed by atoms with Crippen molar-refractivity contribution in [1.82, 2.24) is 0 Å². The van der Waals surface area contributed by atoms with E-state index in [4.69, 9.17) is 0 Å². The van der Waals surface area contributed by atoms with Crippen molar-refractivity contribution in [3.63, 3.8) is 0 Å². The van der Waals surface area contributed by atoms with Gasteiger partial charge in [-0.2, -0.15) is 0 Å². The van der Waals surface area contributed by atoms with Crippen LogP contribution in [0.2, 0.25) is 0 Å². The smallest absolute Gasteiger partial charge is 0.0126 e. The molecule has 0 nitrogen and oxygen atoms in total. The zero-order valence-electron chi connectivity index (χ0n) is 22.7. The summed E-state index contributed by atoms with van der Waals surface area (Å²) in [6, 6.07) is 14.1. The van der Waals surface area contributed by atoms with Crippen LogP contribution in [0.15, 0.2) is 36.4 Å². The monoisotopic (exact) mass is 420 g/mol. The van der Waals surface area contributed by atoms with Crippen LogP contribution in [0.3, 0.4) is 0 Å². The van der Waals surface area contributed by atoms with Gasteiger partial charge in [-0.05, 0) is 67.4 Å². The Labute approximate surface area is 193 Å². The predicted molar refractivity (Wildman–Crippen MR) is 140 cm³/mol. The molecule has 0 N–H and O–H groups in total. The van der Waals surface area contributed by atoms with Gasteiger partial charge in [-0.25, -0.2) is 0 Å². The summed E-state index contributed by atoms with van der Waals surface area (Å²) >= 11 is 0. The fourth-order valence-electron chi connectivity index (χ4n) is 4.84. The summed E-state index contributed by atoms with van der Waals surface area (Å²) < 4.78 is 0. The largest absolute Gasteiger partial charge is 0.0617 e. The first-order valence-electron chi connectivity index (χ1n) is 12.1. The van der Waals surface area contributed by atoms with Crippen LogP contribution in [0.1, 0.15) is 129 Å². The molecule has 0 aromatic heterocycles. The Morgan fingerprint density at radius 2 is 1.16 bits per heavy atom. The first-order chi connectivity index (χ1) is 13.8. The molecule has 0 spiro atoms. The van der Waals surface area contributed by atoms with Crippen LogP contribution in [0.5, 0.6) is 0 Å². The van der Waals surface area contributed by atoms with E-state index in [1.165, 1.54) is 22.3 Å². The molecule has 1 atom stereocenters. The molecule has 0 aliphatic rings. The standard InChI is InChI=1S/C31H48/c1-21(22-15-14-16-24(20-22)28(2,3)4)19-23-17-18-25(29(5,6)7)27(31(11,12)13)26(23)30(8,9)10/h14-18,20-21H,19H2,1-13H3. The zero-order valence-corrected chi connectivity index (χ0v) is 22.7. The molecule has 1 unspecified atom stereocenters. The van der Waals surface area contributed by atoms with E-state index < -0.39 is 0 Å². The minimum absolute atomic E-state index is 0.103. The lowest BCUT2D eigenvalue weighted by Crippen LogP contribution is -2.29. The number of rotatable bonds is 3. The molecular weight excluding hydrogens is 372 g/mol. The minimum atomic E-state index is 0.103. The molecule has 0 bridgehead atoms. The van der Waals surface area contributed by atoms with Crippen molar-refractivity contribution in [2.24, 2.45) is 0 Å². The van der Waals surface area contributed by atoms with Gasteiger partial charge in [0.05, 0.1) is 0 Å². The molecule has 2 rings (SSSR count). The Morgan fingerprint density at radius 3 is 1.61 bits per heavy atom. The van der Waals surface area contributed by atoms with Gasteiger partial charge >= 0.3 is 0 Å². The molecule has 0 fully saturated rings. The van der Waals surface area contributed by atoms with Crippen LogP contribution in [-0.4, -0.2) is 0 Å². The summed E-state index contributed by atoms with van der Waals surface area (Å²) in [6.07, 6.45) is 1.08. The molecule has 2 aromatic carbocycles. The van der Waals surface area contributed by atoms with E-state index in [1.54, 1.807) is 11.1 Å². The van der Waals surface area contributed by atoms with Crippen molar-refractivity contribution in [2.75, 3.05) is 0 Å². The summed E-state index contributed by atoms with van der Waals surface area (Å²) in [7, 11) is 0. The van der Waals surface area contributed by atoms with Crippen molar-refractivity contribution < 1.29 is 0 Å². The van der Waals surface area contributed by atoms with E-state index >= 15 is 0 Å². The lowest BCUT2D eigenvalue weighted by Gasteiger charge is -2.38. The maximum Gasteiger partial charge on any atom is -0.0126 e. The third-order valence-electron chi connectivity index (χ3n) is 6.45. The average molecular weight is 421 g/mol. The average Bonchev–Trinajstić information content (AvgIpc) is 2.58. The van der Waals surface area contributed by atoms with Crippen molar-refractivity contribution in [3.8, 4) is 0 Å². The fraction of sp³-hybridized carbons (Fsp3) is 0.613. The summed E-state index contributed by atoms with van der Waals surface area (Å²) in [6.45, 7) is 30.7. The van der Waals surface area contributed by atoms with E-state index in [0.29, 0.717) is 5.92 Å². The lowest BCUT2D eigenvalue weighted by molar-refractivity contribution is 0.492. The molecule has 31 heavy (non-hydrogen) atoms. The SMILES string of the molecule is CC(Cc1ccc(C(C)(C)C)c(C(C)(C)C)c1C(C)(C)C)c1cccc(C(C)(C)C)c1. The molecule has 0 radical (unpaired) electrons. The van der Waals surface area contributed by atoms with Crippen molar-refractivity contribution >= 4 is 0 Å². The maximum absolute atomic E-state index is 2.43. The van der Waals surface area contributed by atoms with E-state index in [-0.39, 0.29) is 21.7 Å². The maximum atomic E-state index is 2.43. The third kappa shape index (κ3) is 6.03. The van der Waals surface area contributed by atoms with Gasteiger partial charge in [0.2, 0.25) is 0 Å². The predicted octanol–water partition coefficient (Wildman–Crippen LogP) is 9.22. The normalized spacial score (nSPS) is 14.6. The molecule has 0 aliphatic carbocycles. The van der Waals surface area contributed by atoms with E-state index in [2.05, 4.69) is 126 Å². The highest BCUT2D eigenvalue weighted by atomic mass is 14.4. The highest BCUT2D eigenvalue weighted by molar-refractivity contribution is 5.51. The Morgan fingerprint density at radius 1 is 0.613 bits per heavy atom. The van der Waals surface area contributed by atoms with Gasteiger partial charge < -0.3 is 0 Å². The molecular formula is C31H48. The molecule has 0 aliphatic heterocycles. The molecule has 0 amide bonds. The van der Waals surface area contributed by atoms with Gasteiger partial charge in [0, 0.05) is 0 Å². The molecule has 0 saturated carbocycles. The van der Waals surface area contributed by atoms with Gasteiger partial charge in [-0.15, -0.1) is 0 Å². The van der Waals surface area contributed by atoms with E-state index in [0.717, 1.165) is 6.42 Å². The van der Waals surface area contributed by atoms with Crippen LogP contribution < -0.4 is 0 Å². The van der Waals surface area contributed by atoms with Crippen LogP contribution in [-0.2, 0) is 28.1 Å². The van der Waals surface area contributed by atoms with Crippen molar-refractivity contribution in [3.05, 3.63) is 69.8 Å². The van der Waals surface area contributed by atoms with Crippen LogP contribution in [0.25, 0.3) is 0 Å². The molecule has 2 aromatic rings. The third-order valence-corrected chi connectivity index (χ3v) is 6.45. The van der Waals surface area contributed by atoms with E-state index in [1.807, 2.05) is 0 Å².